The highest BCUT2D eigenvalue weighted by Crippen LogP contribution is 2.23. The maximum absolute atomic E-state index is 5.24. The van der Waals surface area contributed by atoms with Crippen LogP contribution in [-0.4, -0.2) is 26.5 Å². The smallest absolute Gasteiger partial charge is 0.278 e. The quantitative estimate of drug-likeness (QED) is 0.867. The Bertz CT molecular complexity index is 497. The molecule has 0 radical (unpaired) electrons. The molecular formula is C11H15N5O. The lowest BCUT2D eigenvalue weighted by Crippen LogP contribution is -2.14. The van der Waals surface area contributed by atoms with E-state index in [0.717, 1.165) is 31.0 Å². The zero-order valence-corrected chi connectivity index (χ0v) is 9.76. The normalized spacial score (nSPS) is 19.9. The van der Waals surface area contributed by atoms with Gasteiger partial charge in [-0.3, -0.25) is 4.68 Å². The molecule has 6 heteroatoms. The standard InChI is InChI=1S/C11H15N5O/c1-2-16-7-5-9(14-16)11-13-10(15-17-11)8-4-3-6-12-8/h5,7-8,12H,2-4,6H2,1H3. The maximum Gasteiger partial charge on any atom is 0.278 e. The summed E-state index contributed by atoms with van der Waals surface area (Å²) in [4.78, 5) is 4.39. The van der Waals surface area contributed by atoms with Crippen LogP contribution in [0.2, 0.25) is 0 Å². The van der Waals surface area contributed by atoms with E-state index < -0.39 is 0 Å². The van der Waals surface area contributed by atoms with Crippen LogP contribution in [0.5, 0.6) is 0 Å². The average molecular weight is 233 g/mol. The molecule has 1 saturated heterocycles. The third kappa shape index (κ3) is 1.95. The van der Waals surface area contributed by atoms with E-state index >= 15 is 0 Å². The van der Waals surface area contributed by atoms with Crippen molar-refractivity contribution in [3.8, 4) is 11.6 Å². The Morgan fingerprint density at radius 1 is 1.59 bits per heavy atom. The topological polar surface area (TPSA) is 68.8 Å². The minimum atomic E-state index is 0.237. The van der Waals surface area contributed by atoms with Crippen LogP contribution in [0.25, 0.3) is 11.6 Å². The Kier molecular flexibility index (Phi) is 2.64. The lowest BCUT2D eigenvalue weighted by molar-refractivity contribution is 0.410. The Morgan fingerprint density at radius 2 is 2.53 bits per heavy atom. The van der Waals surface area contributed by atoms with Gasteiger partial charge in [0.1, 0.15) is 0 Å². The molecule has 2 aromatic rings. The van der Waals surface area contributed by atoms with Crippen molar-refractivity contribution in [2.75, 3.05) is 6.54 Å². The lowest BCUT2D eigenvalue weighted by Gasteiger charge is -2.01. The summed E-state index contributed by atoms with van der Waals surface area (Å²) < 4.78 is 7.08. The van der Waals surface area contributed by atoms with Crippen molar-refractivity contribution in [3.63, 3.8) is 0 Å². The van der Waals surface area contributed by atoms with E-state index in [9.17, 15) is 0 Å². The van der Waals surface area contributed by atoms with Crippen molar-refractivity contribution in [1.82, 2.24) is 25.2 Å². The van der Waals surface area contributed by atoms with Crippen LogP contribution in [0, 0.1) is 0 Å². The summed E-state index contributed by atoms with van der Waals surface area (Å²) in [6.07, 6.45) is 4.15. The van der Waals surface area contributed by atoms with Crippen LogP contribution in [0.4, 0.5) is 0 Å². The van der Waals surface area contributed by atoms with Crippen molar-refractivity contribution in [3.05, 3.63) is 18.1 Å². The molecule has 1 aliphatic heterocycles. The maximum atomic E-state index is 5.24. The Labute approximate surface area is 99.0 Å². The monoisotopic (exact) mass is 233 g/mol. The van der Waals surface area contributed by atoms with Gasteiger partial charge in [-0.2, -0.15) is 10.1 Å². The zero-order valence-electron chi connectivity index (χ0n) is 9.76. The highest BCUT2D eigenvalue weighted by Gasteiger charge is 2.22. The van der Waals surface area contributed by atoms with Gasteiger partial charge in [-0.25, -0.2) is 0 Å². The molecule has 0 aliphatic carbocycles. The highest BCUT2D eigenvalue weighted by atomic mass is 16.5. The number of nitrogens with zero attached hydrogens (tertiary/aromatic N) is 4. The van der Waals surface area contributed by atoms with E-state index in [1.165, 1.54) is 6.42 Å². The predicted octanol–water partition coefficient (Wildman–Crippen LogP) is 1.38. The van der Waals surface area contributed by atoms with Gasteiger partial charge in [-0.05, 0) is 32.4 Å². The summed E-state index contributed by atoms with van der Waals surface area (Å²) >= 11 is 0. The van der Waals surface area contributed by atoms with E-state index in [-0.39, 0.29) is 6.04 Å². The first kappa shape index (κ1) is 10.5. The van der Waals surface area contributed by atoms with Gasteiger partial charge in [-0.15, -0.1) is 0 Å². The second-order valence-corrected chi connectivity index (χ2v) is 4.16. The van der Waals surface area contributed by atoms with E-state index in [0.29, 0.717) is 5.89 Å². The van der Waals surface area contributed by atoms with Crippen LogP contribution in [-0.2, 0) is 6.54 Å². The third-order valence-corrected chi connectivity index (χ3v) is 3.00. The van der Waals surface area contributed by atoms with Gasteiger partial charge in [0.05, 0.1) is 6.04 Å². The summed E-state index contributed by atoms with van der Waals surface area (Å²) in [5, 5.41) is 11.7. The number of hydrogen-bond acceptors (Lipinski definition) is 5. The molecular weight excluding hydrogens is 218 g/mol. The first-order valence-corrected chi connectivity index (χ1v) is 5.97. The molecule has 3 heterocycles. The van der Waals surface area contributed by atoms with Gasteiger partial charge in [0.25, 0.3) is 5.89 Å². The first-order valence-electron chi connectivity index (χ1n) is 5.97. The Balaban J connectivity index is 1.83. The highest BCUT2D eigenvalue weighted by molar-refractivity contribution is 5.44. The van der Waals surface area contributed by atoms with Gasteiger partial charge in [0, 0.05) is 12.7 Å². The third-order valence-electron chi connectivity index (χ3n) is 3.00. The van der Waals surface area contributed by atoms with Gasteiger partial charge in [0.2, 0.25) is 0 Å². The number of aryl methyl sites for hydroxylation is 1. The predicted molar refractivity (Wildman–Crippen MR) is 61.2 cm³/mol. The number of nitrogens with one attached hydrogen (secondary N) is 1. The molecule has 1 N–H and O–H groups in total. The van der Waals surface area contributed by atoms with E-state index in [1.54, 1.807) is 0 Å². The lowest BCUT2D eigenvalue weighted by atomic mass is 10.2. The van der Waals surface area contributed by atoms with Crippen molar-refractivity contribution in [2.45, 2.75) is 32.4 Å². The van der Waals surface area contributed by atoms with Gasteiger partial charge in [0.15, 0.2) is 11.5 Å². The summed E-state index contributed by atoms with van der Waals surface area (Å²) in [5.41, 5.74) is 0.739. The van der Waals surface area contributed by atoms with Crippen LogP contribution < -0.4 is 5.32 Å². The zero-order chi connectivity index (χ0) is 11.7. The summed E-state index contributed by atoms with van der Waals surface area (Å²) in [6.45, 7) is 3.91. The number of aromatic nitrogens is 4. The van der Waals surface area contributed by atoms with Crippen molar-refractivity contribution >= 4 is 0 Å². The van der Waals surface area contributed by atoms with Crippen molar-refractivity contribution in [2.24, 2.45) is 0 Å². The summed E-state index contributed by atoms with van der Waals surface area (Å²) in [5.74, 6) is 1.24. The molecule has 0 aromatic carbocycles. The molecule has 1 unspecified atom stereocenters. The van der Waals surface area contributed by atoms with E-state index in [2.05, 4.69) is 20.6 Å². The molecule has 0 amide bonds. The minimum Gasteiger partial charge on any atom is -0.332 e. The molecule has 0 saturated carbocycles. The second-order valence-electron chi connectivity index (χ2n) is 4.16. The van der Waals surface area contributed by atoms with Gasteiger partial charge >= 0.3 is 0 Å². The molecule has 90 valence electrons. The molecule has 3 rings (SSSR count). The Hall–Kier alpha value is -1.69. The average Bonchev–Trinajstić information content (AvgIpc) is 3.09. The molecule has 6 nitrogen and oxygen atoms in total. The van der Waals surface area contributed by atoms with Crippen LogP contribution in [0.1, 0.15) is 31.6 Å². The number of hydrogen-bond donors (Lipinski definition) is 1. The molecule has 1 aliphatic rings. The minimum absolute atomic E-state index is 0.237. The molecule has 17 heavy (non-hydrogen) atoms. The largest absolute Gasteiger partial charge is 0.332 e. The van der Waals surface area contributed by atoms with Crippen LogP contribution in [0.3, 0.4) is 0 Å². The molecule has 1 fully saturated rings. The van der Waals surface area contributed by atoms with Crippen LogP contribution in [0.15, 0.2) is 16.8 Å². The molecule has 0 spiro atoms. The van der Waals surface area contributed by atoms with Crippen molar-refractivity contribution in [1.29, 1.82) is 0 Å². The molecule has 0 bridgehead atoms. The Morgan fingerprint density at radius 3 is 3.24 bits per heavy atom. The molecule has 1 atom stereocenters. The summed E-state index contributed by atoms with van der Waals surface area (Å²) in [6, 6.07) is 2.13. The van der Waals surface area contributed by atoms with Crippen LogP contribution >= 0.6 is 0 Å². The molecule has 2 aromatic heterocycles. The fourth-order valence-electron chi connectivity index (χ4n) is 2.04. The number of rotatable bonds is 3. The van der Waals surface area contributed by atoms with Crippen molar-refractivity contribution < 1.29 is 4.52 Å². The first-order chi connectivity index (χ1) is 8.36. The van der Waals surface area contributed by atoms with Gasteiger partial charge < -0.3 is 9.84 Å². The van der Waals surface area contributed by atoms with Gasteiger partial charge in [-0.1, -0.05) is 5.16 Å². The van der Waals surface area contributed by atoms with E-state index in [1.807, 2.05) is 23.9 Å². The second kappa shape index (κ2) is 4.29. The van der Waals surface area contributed by atoms with E-state index in [4.69, 9.17) is 4.52 Å². The fourth-order valence-corrected chi connectivity index (χ4v) is 2.04. The fraction of sp³-hybridized carbons (Fsp3) is 0.545. The summed E-state index contributed by atoms with van der Waals surface area (Å²) in [7, 11) is 0. The SMILES string of the molecule is CCn1ccc(-c2nc(C3CCCN3)no2)n1.